The summed E-state index contributed by atoms with van der Waals surface area (Å²) >= 11 is 0. The van der Waals surface area contributed by atoms with Gasteiger partial charge in [-0.25, -0.2) is 0 Å². The Morgan fingerprint density at radius 1 is 0.365 bits per heavy atom. The summed E-state index contributed by atoms with van der Waals surface area (Å²) < 4.78 is 11.5. The van der Waals surface area contributed by atoms with Crippen LogP contribution < -0.4 is 9.47 Å². The van der Waals surface area contributed by atoms with Crippen LogP contribution in [-0.2, 0) is 0 Å². The van der Waals surface area contributed by atoms with Crippen LogP contribution in [0.1, 0.15) is 187 Å². The fourth-order valence-corrected chi connectivity index (χ4v) is 9.11. The molecule has 0 aromatic heterocycles. The van der Waals surface area contributed by atoms with E-state index in [0.717, 1.165) is 73.4 Å². The third-order valence-electron chi connectivity index (χ3n) is 13.4. The quantitative estimate of drug-likeness (QED) is 0.0614. The van der Waals surface area contributed by atoms with Gasteiger partial charge in [0.05, 0.1) is 13.2 Å². The van der Waals surface area contributed by atoms with Crippen molar-refractivity contribution in [2.45, 2.75) is 175 Å². The van der Waals surface area contributed by atoms with Crippen molar-refractivity contribution in [2.75, 3.05) is 13.2 Å². The molecule has 0 heterocycles. The molecule has 4 aromatic rings. The average molecular weight is 847 g/mol. The van der Waals surface area contributed by atoms with Gasteiger partial charge in [-0.15, -0.1) is 0 Å². The first kappa shape index (κ1) is 49.6. The second kappa shape index (κ2) is 29.9. The first-order valence-electron chi connectivity index (χ1n) is 25.8. The lowest BCUT2D eigenvalue weighted by atomic mass is 9.80. The minimum absolute atomic E-state index is 0.589. The van der Waals surface area contributed by atoms with Gasteiger partial charge >= 0.3 is 0 Å². The van der Waals surface area contributed by atoms with E-state index in [1.165, 1.54) is 144 Å². The van der Waals surface area contributed by atoms with Gasteiger partial charge in [-0.1, -0.05) is 183 Å². The highest BCUT2D eigenvalue weighted by atomic mass is 16.5. The minimum atomic E-state index is 0.589. The molecule has 0 unspecified atom stereocenters. The van der Waals surface area contributed by atoms with Crippen molar-refractivity contribution in [2.24, 2.45) is 23.7 Å². The molecule has 6 rings (SSSR count). The summed E-state index contributed by atoms with van der Waals surface area (Å²) in [5.74, 6) is 19.0. The number of hydrogen-bond donors (Lipinski definition) is 0. The second-order valence-electron chi connectivity index (χ2n) is 18.6. The molecule has 0 amide bonds. The molecule has 338 valence electrons. The van der Waals surface area contributed by atoms with E-state index in [1.807, 2.05) is 0 Å². The highest BCUT2D eigenvalue weighted by Gasteiger charge is 2.20. The van der Waals surface area contributed by atoms with Crippen LogP contribution in [-0.4, -0.2) is 13.2 Å². The molecule has 2 saturated carbocycles. The van der Waals surface area contributed by atoms with Gasteiger partial charge in [0.25, 0.3) is 0 Å². The molecular weight excluding hydrogens is 765 g/mol. The average Bonchev–Trinajstić information content (AvgIpc) is 3.33. The van der Waals surface area contributed by atoms with Crippen LogP contribution in [0.5, 0.6) is 11.5 Å². The lowest BCUT2D eigenvalue weighted by molar-refractivity contribution is 0.294. The predicted molar refractivity (Wildman–Crippen MR) is 271 cm³/mol. The topological polar surface area (TPSA) is 18.5 Å². The van der Waals surface area contributed by atoms with Crippen molar-refractivity contribution in [3.8, 4) is 57.4 Å². The lowest BCUT2D eigenvalue weighted by Crippen LogP contribution is -2.13. The maximum absolute atomic E-state index is 5.77. The third-order valence-corrected chi connectivity index (χ3v) is 13.4. The van der Waals surface area contributed by atoms with Crippen molar-refractivity contribution in [1.82, 2.24) is 0 Å². The highest BCUT2D eigenvalue weighted by Crippen LogP contribution is 2.33. The Morgan fingerprint density at radius 3 is 1.03 bits per heavy atom. The van der Waals surface area contributed by atoms with Gasteiger partial charge < -0.3 is 9.47 Å². The van der Waals surface area contributed by atoms with E-state index in [2.05, 4.69) is 148 Å². The van der Waals surface area contributed by atoms with Crippen molar-refractivity contribution in [1.29, 1.82) is 0 Å². The number of benzene rings is 4. The third kappa shape index (κ3) is 19.1. The Hall–Kier alpha value is -4.40. The molecule has 0 saturated heterocycles. The number of ether oxygens (including phenoxy) is 2. The fourth-order valence-electron chi connectivity index (χ4n) is 9.11. The first-order valence-corrected chi connectivity index (χ1v) is 25.8. The van der Waals surface area contributed by atoms with Gasteiger partial charge in [0.1, 0.15) is 11.5 Å². The SMILES string of the molecule is CCCCCCC1CCC(C#Cc2ccc(-c3ccc(OCCCC)cc3)cc2)CC1.CCCCCCCC1CCC(C#Cc2ccc(-c3ccc(OCCCC)cc3)cc2)CC1. The molecule has 2 aliphatic rings. The Labute approximate surface area is 385 Å². The van der Waals surface area contributed by atoms with E-state index < -0.39 is 0 Å². The number of hydrogen-bond acceptors (Lipinski definition) is 2. The molecule has 2 aliphatic carbocycles. The zero-order valence-corrected chi connectivity index (χ0v) is 40.0. The van der Waals surface area contributed by atoms with Crippen LogP contribution in [0.4, 0.5) is 0 Å². The molecule has 2 nitrogen and oxygen atoms in total. The fraction of sp³-hybridized carbons (Fsp3) is 0.541. The summed E-state index contributed by atoms with van der Waals surface area (Å²) in [6.45, 7) is 10.5. The molecule has 63 heavy (non-hydrogen) atoms. The first-order chi connectivity index (χ1) is 31.1. The largest absolute Gasteiger partial charge is 0.494 e. The van der Waals surface area contributed by atoms with Gasteiger partial charge in [0, 0.05) is 23.0 Å². The summed E-state index contributed by atoms with van der Waals surface area (Å²) in [5, 5.41) is 0. The van der Waals surface area contributed by atoms with Gasteiger partial charge in [0.15, 0.2) is 0 Å². The van der Waals surface area contributed by atoms with E-state index in [9.17, 15) is 0 Å². The van der Waals surface area contributed by atoms with E-state index in [4.69, 9.17) is 9.47 Å². The van der Waals surface area contributed by atoms with Crippen molar-refractivity contribution < 1.29 is 9.47 Å². The molecule has 0 radical (unpaired) electrons. The normalized spacial score (nSPS) is 18.2. The zero-order valence-electron chi connectivity index (χ0n) is 40.0. The second-order valence-corrected chi connectivity index (χ2v) is 18.6. The van der Waals surface area contributed by atoms with E-state index in [1.54, 1.807) is 0 Å². The standard InChI is InChI=1S/C31H42O.C30H40O/c1-3-5-7-8-9-10-26-11-13-27(14-12-26)15-16-28-17-19-29(20-18-28)30-21-23-31(24-22-30)32-25-6-4-2;1-3-5-7-8-9-25-10-12-26(13-11-25)14-15-27-16-18-28(19-17-27)29-20-22-30(23-21-29)31-24-6-4-2/h17-24,26-27H,3-14,25H2,1-2H3;16-23,25-26H,3-13,24H2,1-2H3. The Morgan fingerprint density at radius 2 is 0.683 bits per heavy atom. The van der Waals surface area contributed by atoms with Crippen LogP contribution in [0.3, 0.4) is 0 Å². The Balaban J connectivity index is 0.000000238. The predicted octanol–water partition coefficient (Wildman–Crippen LogP) is 17.7. The van der Waals surface area contributed by atoms with Crippen LogP contribution in [0, 0.1) is 47.4 Å². The molecule has 0 aliphatic heterocycles. The molecule has 0 N–H and O–H groups in total. The molecular formula is C61H82O2. The van der Waals surface area contributed by atoms with E-state index in [0.29, 0.717) is 11.8 Å². The monoisotopic (exact) mass is 847 g/mol. The van der Waals surface area contributed by atoms with Crippen molar-refractivity contribution in [3.05, 3.63) is 108 Å². The molecule has 0 spiro atoms. The minimum Gasteiger partial charge on any atom is -0.494 e. The smallest absolute Gasteiger partial charge is 0.119 e. The van der Waals surface area contributed by atoms with Gasteiger partial charge in [-0.2, -0.15) is 0 Å². The molecule has 0 bridgehead atoms. The van der Waals surface area contributed by atoms with E-state index >= 15 is 0 Å². The Bertz CT molecular complexity index is 1900. The van der Waals surface area contributed by atoms with Crippen molar-refractivity contribution >= 4 is 0 Å². The lowest BCUT2D eigenvalue weighted by Gasteiger charge is -2.25. The Kier molecular flexibility index (Phi) is 23.5. The summed E-state index contributed by atoms with van der Waals surface area (Å²) in [5.41, 5.74) is 7.17. The maximum Gasteiger partial charge on any atom is 0.119 e. The van der Waals surface area contributed by atoms with Crippen LogP contribution >= 0.6 is 0 Å². The molecule has 0 atom stereocenters. The number of unbranched alkanes of at least 4 members (excludes halogenated alkanes) is 9. The maximum atomic E-state index is 5.77. The summed E-state index contributed by atoms with van der Waals surface area (Å²) in [6, 6.07) is 34.2. The molecule has 4 aromatic carbocycles. The summed E-state index contributed by atoms with van der Waals surface area (Å²) in [7, 11) is 0. The van der Waals surface area contributed by atoms with E-state index in [-0.39, 0.29) is 0 Å². The highest BCUT2D eigenvalue weighted by molar-refractivity contribution is 5.66. The van der Waals surface area contributed by atoms with Gasteiger partial charge in [-0.3, -0.25) is 0 Å². The van der Waals surface area contributed by atoms with Crippen LogP contribution in [0.15, 0.2) is 97.1 Å². The molecule has 2 fully saturated rings. The van der Waals surface area contributed by atoms with Gasteiger partial charge in [0.2, 0.25) is 0 Å². The molecule has 2 heteroatoms. The van der Waals surface area contributed by atoms with Crippen molar-refractivity contribution in [3.63, 3.8) is 0 Å². The van der Waals surface area contributed by atoms with Crippen LogP contribution in [0.2, 0.25) is 0 Å². The number of rotatable bonds is 21. The van der Waals surface area contributed by atoms with Crippen LogP contribution in [0.25, 0.3) is 22.3 Å². The van der Waals surface area contributed by atoms with Gasteiger partial charge in [-0.05, 0) is 147 Å². The summed E-state index contributed by atoms with van der Waals surface area (Å²) in [6.07, 6.45) is 30.7. The zero-order chi connectivity index (χ0) is 44.2. The summed E-state index contributed by atoms with van der Waals surface area (Å²) in [4.78, 5) is 0.